The third-order valence-corrected chi connectivity index (χ3v) is 3.25. The highest BCUT2D eigenvalue weighted by Gasteiger charge is 2.19. The molecular weight excluding hydrogens is 294 g/mol. The van der Waals surface area contributed by atoms with Gasteiger partial charge >= 0.3 is 5.97 Å². The van der Waals surface area contributed by atoms with E-state index in [4.69, 9.17) is 10.8 Å². The van der Waals surface area contributed by atoms with Gasteiger partial charge in [0.05, 0.1) is 23.6 Å². The quantitative estimate of drug-likeness (QED) is 0.469. The number of carboxylic acid groups (broad SMARTS) is 1. The highest BCUT2D eigenvalue weighted by molar-refractivity contribution is 5.91. The molecule has 0 bridgehead atoms. The number of carbonyl (C=O) groups excluding carboxylic acids is 1. The second kappa shape index (κ2) is 7.93. The second-order valence-electron chi connectivity index (χ2n) is 4.79. The van der Waals surface area contributed by atoms with Crippen LogP contribution in [0.15, 0.2) is 18.2 Å². The number of nitro groups is 1. The number of quaternary nitrogens is 1. The number of amides is 1. The molecule has 2 rings (SSSR count). The van der Waals surface area contributed by atoms with Crippen LogP contribution >= 0.6 is 0 Å². The van der Waals surface area contributed by atoms with E-state index in [0.717, 1.165) is 44.1 Å². The summed E-state index contributed by atoms with van der Waals surface area (Å²) < 4.78 is 0. The largest absolute Gasteiger partial charge is 0.872 e. The lowest BCUT2D eigenvalue weighted by molar-refractivity contribution is -0.663. The zero-order chi connectivity index (χ0) is 16.7. The van der Waals surface area contributed by atoms with Crippen molar-refractivity contribution in [2.75, 3.05) is 13.1 Å². The first-order valence-electron chi connectivity index (χ1n) is 6.62. The number of carboxylic acids is 1. The van der Waals surface area contributed by atoms with Gasteiger partial charge in [-0.25, -0.2) is 4.79 Å². The maximum Gasteiger partial charge on any atom is 0.335 e. The summed E-state index contributed by atoms with van der Waals surface area (Å²) in [5.41, 5.74) is 4.12. The van der Waals surface area contributed by atoms with Crippen molar-refractivity contribution < 1.29 is 30.0 Å². The predicted octanol–water partition coefficient (Wildman–Crippen LogP) is -1.19. The van der Waals surface area contributed by atoms with Crippen LogP contribution in [0, 0.1) is 16.0 Å². The molecule has 9 heteroatoms. The maximum atomic E-state index is 10.8. The van der Waals surface area contributed by atoms with E-state index in [0.29, 0.717) is 0 Å². The fourth-order valence-corrected chi connectivity index (χ4v) is 2.01. The third-order valence-electron chi connectivity index (χ3n) is 3.25. The normalized spacial score (nSPS) is 14.5. The number of hydrogen-bond acceptors (Lipinski definition) is 5. The minimum Gasteiger partial charge on any atom is -0.872 e. The van der Waals surface area contributed by atoms with Crippen LogP contribution in [0.3, 0.4) is 0 Å². The summed E-state index contributed by atoms with van der Waals surface area (Å²) >= 11 is 0. The minimum atomic E-state index is -1.46. The van der Waals surface area contributed by atoms with Gasteiger partial charge in [0, 0.05) is 30.9 Å². The highest BCUT2D eigenvalue weighted by Crippen LogP contribution is 2.20. The monoisotopic (exact) mass is 311 g/mol. The van der Waals surface area contributed by atoms with Gasteiger partial charge in [-0.2, -0.15) is 0 Å². The van der Waals surface area contributed by atoms with Crippen molar-refractivity contribution in [3.05, 3.63) is 33.9 Å². The summed E-state index contributed by atoms with van der Waals surface area (Å²) in [6, 6.07) is 2.57. The summed E-state index contributed by atoms with van der Waals surface area (Å²) in [5.74, 6) is -2.16. The maximum absolute atomic E-state index is 10.8. The van der Waals surface area contributed by atoms with Crippen LogP contribution in [0.1, 0.15) is 23.2 Å². The predicted molar refractivity (Wildman–Crippen MR) is 73.1 cm³/mol. The number of benzene rings is 1. The number of nitrogens with zero attached hydrogens (tertiary/aromatic N) is 1. The number of nitro benzene ring substituents is 1. The first-order valence-corrected chi connectivity index (χ1v) is 6.62. The zero-order valence-corrected chi connectivity index (χ0v) is 11.7. The highest BCUT2D eigenvalue weighted by atomic mass is 16.6. The standard InChI is InChI=1S/C7H5NO5.C6H12N2O/c9-6-2-1-4(8(12)13)3-5(6)7(10)11;7-6(9)5-1-3-8-4-2-5/h1-3,9H,(H,10,11);5,8H,1-4H2,(H2,7,9). The first kappa shape index (κ1) is 17.4. The number of hydrogen-bond donors (Lipinski definition) is 3. The molecule has 0 aromatic heterocycles. The molecule has 1 amide bonds. The fraction of sp³-hybridized carbons (Fsp3) is 0.385. The average molecular weight is 311 g/mol. The summed E-state index contributed by atoms with van der Waals surface area (Å²) in [4.78, 5) is 30.4. The lowest BCUT2D eigenvalue weighted by Crippen LogP contribution is -2.86. The Morgan fingerprint density at radius 2 is 1.91 bits per heavy atom. The molecule has 120 valence electrons. The van der Waals surface area contributed by atoms with Crippen LogP contribution in [0.2, 0.25) is 0 Å². The van der Waals surface area contributed by atoms with Gasteiger partial charge < -0.3 is 21.3 Å². The Morgan fingerprint density at radius 1 is 1.32 bits per heavy atom. The van der Waals surface area contributed by atoms with E-state index in [1.807, 2.05) is 0 Å². The number of rotatable bonds is 3. The van der Waals surface area contributed by atoms with Crippen LogP contribution in [-0.2, 0) is 4.79 Å². The topological polar surface area (TPSA) is 163 Å². The summed E-state index contributed by atoms with van der Waals surface area (Å²) in [6.45, 7) is 2.13. The summed E-state index contributed by atoms with van der Waals surface area (Å²) in [6.07, 6.45) is 1.94. The lowest BCUT2D eigenvalue weighted by atomic mass is 9.98. The van der Waals surface area contributed by atoms with Crippen molar-refractivity contribution in [1.82, 2.24) is 0 Å². The van der Waals surface area contributed by atoms with E-state index < -0.39 is 27.9 Å². The van der Waals surface area contributed by atoms with Crippen molar-refractivity contribution in [1.29, 1.82) is 0 Å². The Kier molecular flexibility index (Phi) is 6.26. The van der Waals surface area contributed by atoms with E-state index >= 15 is 0 Å². The molecule has 0 saturated carbocycles. The molecule has 1 aromatic rings. The Morgan fingerprint density at radius 3 is 2.32 bits per heavy atom. The number of carbonyl (C=O) groups is 2. The SMILES string of the molecule is NC(=O)C1CC[NH2+]CC1.O=C(O)c1cc([N+](=O)[O-])ccc1[O-]. The lowest BCUT2D eigenvalue weighted by Gasteiger charge is -2.16. The molecule has 5 N–H and O–H groups in total. The van der Waals surface area contributed by atoms with Gasteiger partial charge in [-0.05, 0) is 0 Å². The molecule has 9 nitrogen and oxygen atoms in total. The Bertz CT molecular complexity index is 569. The number of aromatic carboxylic acids is 1. The second-order valence-corrected chi connectivity index (χ2v) is 4.79. The van der Waals surface area contributed by atoms with Crippen LogP contribution in [0.5, 0.6) is 5.75 Å². The van der Waals surface area contributed by atoms with Crippen LogP contribution in [0.25, 0.3) is 0 Å². The molecule has 1 saturated heterocycles. The number of nitrogens with two attached hydrogens (primary N) is 2. The van der Waals surface area contributed by atoms with Crippen molar-refractivity contribution in [2.24, 2.45) is 11.7 Å². The van der Waals surface area contributed by atoms with E-state index in [9.17, 15) is 24.8 Å². The van der Waals surface area contributed by atoms with E-state index in [-0.39, 0.29) is 11.8 Å². The molecule has 1 aliphatic heterocycles. The Hall–Kier alpha value is -2.68. The van der Waals surface area contributed by atoms with Gasteiger partial charge in [0.15, 0.2) is 0 Å². The van der Waals surface area contributed by atoms with Crippen molar-refractivity contribution in [3.8, 4) is 5.75 Å². The molecule has 1 aliphatic rings. The first-order chi connectivity index (χ1) is 10.3. The van der Waals surface area contributed by atoms with Crippen molar-refractivity contribution in [2.45, 2.75) is 12.8 Å². The molecule has 0 atom stereocenters. The van der Waals surface area contributed by atoms with Crippen molar-refractivity contribution in [3.63, 3.8) is 0 Å². The molecule has 0 radical (unpaired) electrons. The van der Waals surface area contributed by atoms with E-state index in [1.165, 1.54) is 0 Å². The zero-order valence-electron chi connectivity index (χ0n) is 11.7. The average Bonchev–Trinajstić information content (AvgIpc) is 2.48. The summed E-state index contributed by atoms with van der Waals surface area (Å²) in [5, 5.41) is 31.7. The fourth-order valence-electron chi connectivity index (χ4n) is 2.01. The molecule has 22 heavy (non-hydrogen) atoms. The van der Waals surface area contributed by atoms with Crippen LogP contribution < -0.4 is 16.2 Å². The Balaban J connectivity index is 0.000000235. The van der Waals surface area contributed by atoms with E-state index in [1.54, 1.807) is 0 Å². The molecule has 1 fully saturated rings. The van der Waals surface area contributed by atoms with Gasteiger partial charge in [-0.3, -0.25) is 14.9 Å². The smallest absolute Gasteiger partial charge is 0.335 e. The number of piperidine rings is 1. The molecule has 0 unspecified atom stereocenters. The number of primary amides is 1. The Labute approximate surface area is 125 Å². The van der Waals surface area contributed by atoms with Crippen molar-refractivity contribution >= 4 is 17.6 Å². The molecule has 0 aliphatic carbocycles. The van der Waals surface area contributed by atoms with E-state index in [2.05, 4.69) is 5.32 Å². The molecule has 1 heterocycles. The van der Waals surface area contributed by atoms with Crippen LogP contribution in [-0.4, -0.2) is 35.0 Å². The molecule has 1 aromatic carbocycles. The number of non-ortho nitro benzene ring substituents is 1. The van der Waals surface area contributed by atoms with Gasteiger partial charge in [-0.15, -0.1) is 0 Å². The van der Waals surface area contributed by atoms with Gasteiger partial charge in [-0.1, -0.05) is 11.8 Å². The van der Waals surface area contributed by atoms with Gasteiger partial charge in [0.25, 0.3) is 5.69 Å². The van der Waals surface area contributed by atoms with Gasteiger partial charge in [0.1, 0.15) is 0 Å². The third kappa shape index (κ3) is 5.02. The molecular formula is C13H17N3O6. The summed E-state index contributed by atoms with van der Waals surface area (Å²) in [7, 11) is 0. The van der Waals surface area contributed by atoms with Crippen LogP contribution in [0.4, 0.5) is 5.69 Å². The minimum absolute atomic E-state index is 0.122. The van der Waals surface area contributed by atoms with Gasteiger partial charge in [0.2, 0.25) is 5.91 Å². The molecule has 0 spiro atoms.